The van der Waals surface area contributed by atoms with Crippen molar-refractivity contribution in [2.45, 2.75) is 13.3 Å². The molecule has 1 saturated heterocycles. The van der Waals surface area contributed by atoms with E-state index in [4.69, 9.17) is 11.6 Å². The summed E-state index contributed by atoms with van der Waals surface area (Å²) in [5, 5.41) is 0.570. The molecule has 0 spiro atoms. The van der Waals surface area contributed by atoms with Crippen molar-refractivity contribution in [1.29, 1.82) is 0 Å². The van der Waals surface area contributed by atoms with Crippen molar-refractivity contribution in [2.24, 2.45) is 0 Å². The fourth-order valence-corrected chi connectivity index (χ4v) is 2.57. The van der Waals surface area contributed by atoms with E-state index in [-0.39, 0.29) is 18.4 Å². The van der Waals surface area contributed by atoms with Gasteiger partial charge in [0.15, 0.2) is 0 Å². The molecule has 2 amide bonds. The molecule has 7 heteroatoms. The lowest BCUT2D eigenvalue weighted by atomic mass is 10.3. The van der Waals surface area contributed by atoms with Gasteiger partial charge in [-0.2, -0.15) is 0 Å². The maximum absolute atomic E-state index is 12.4. The summed E-state index contributed by atoms with van der Waals surface area (Å²) in [6.45, 7) is 4.41. The van der Waals surface area contributed by atoms with Gasteiger partial charge < -0.3 is 14.7 Å². The summed E-state index contributed by atoms with van der Waals surface area (Å²) >= 11 is 5.81. The van der Waals surface area contributed by atoms with Crippen molar-refractivity contribution in [2.75, 3.05) is 44.7 Å². The SMILES string of the molecule is CC(=O)N1CCCN(C(=O)CN(C)c2ccc(Cl)cn2)CC1. The van der Waals surface area contributed by atoms with E-state index in [1.54, 1.807) is 35.1 Å². The predicted octanol–water partition coefficient (Wildman–Crippen LogP) is 1.25. The van der Waals surface area contributed by atoms with Gasteiger partial charge in [-0.25, -0.2) is 4.98 Å². The van der Waals surface area contributed by atoms with Gasteiger partial charge in [0.1, 0.15) is 5.82 Å². The number of anilines is 1. The van der Waals surface area contributed by atoms with Crippen LogP contribution in [0.1, 0.15) is 13.3 Å². The quantitative estimate of drug-likeness (QED) is 0.839. The number of carbonyl (C=O) groups is 2. The molecular weight excluding hydrogens is 304 g/mol. The number of nitrogens with zero attached hydrogens (tertiary/aromatic N) is 4. The van der Waals surface area contributed by atoms with E-state index in [0.717, 1.165) is 6.42 Å². The van der Waals surface area contributed by atoms with E-state index >= 15 is 0 Å². The molecule has 1 aromatic rings. The van der Waals surface area contributed by atoms with Crippen LogP contribution in [0.5, 0.6) is 0 Å². The molecule has 0 atom stereocenters. The Bertz CT molecular complexity index is 535. The molecule has 2 rings (SSSR count). The summed E-state index contributed by atoms with van der Waals surface area (Å²) in [5.74, 6) is 0.819. The molecule has 1 aromatic heterocycles. The van der Waals surface area contributed by atoms with Crippen molar-refractivity contribution < 1.29 is 9.59 Å². The number of pyridine rings is 1. The number of rotatable bonds is 3. The Balaban J connectivity index is 1.91. The number of hydrogen-bond donors (Lipinski definition) is 0. The summed E-state index contributed by atoms with van der Waals surface area (Å²) in [6, 6.07) is 3.54. The minimum absolute atomic E-state index is 0.0460. The molecule has 0 aliphatic carbocycles. The van der Waals surface area contributed by atoms with Gasteiger partial charge in [-0.1, -0.05) is 11.6 Å². The van der Waals surface area contributed by atoms with Crippen LogP contribution in [0.2, 0.25) is 5.02 Å². The van der Waals surface area contributed by atoms with Gasteiger partial charge in [0.05, 0.1) is 11.6 Å². The van der Waals surface area contributed by atoms with Crippen molar-refractivity contribution >= 4 is 29.2 Å². The molecule has 1 aliphatic heterocycles. The standard InChI is InChI=1S/C15H21ClN4O2/c1-12(21)19-6-3-7-20(9-8-19)15(22)11-18(2)14-5-4-13(16)10-17-14/h4-5,10H,3,6-9,11H2,1-2H3. The Morgan fingerprint density at radius 1 is 1.23 bits per heavy atom. The monoisotopic (exact) mass is 324 g/mol. The first kappa shape index (κ1) is 16.5. The summed E-state index contributed by atoms with van der Waals surface area (Å²) in [6.07, 6.45) is 2.38. The lowest BCUT2D eigenvalue weighted by molar-refractivity contribution is -0.131. The molecule has 1 fully saturated rings. The maximum atomic E-state index is 12.4. The number of amides is 2. The van der Waals surface area contributed by atoms with Crippen LogP contribution in [0.15, 0.2) is 18.3 Å². The highest BCUT2D eigenvalue weighted by molar-refractivity contribution is 6.30. The van der Waals surface area contributed by atoms with Gasteiger partial charge in [-0.15, -0.1) is 0 Å². The average molecular weight is 325 g/mol. The number of halogens is 1. The van der Waals surface area contributed by atoms with Crippen molar-refractivity contribution in [3.05, 3.63) is 23.4 Å². The second-order valence-corrected chi connectivity index (χ2v) is 5.87. The van der Waals surface area contributed by atoms with Gasteiger partial charge in [0, 0.05) is 46.3 Å². The third kappa shape index (κ3) is 4.34. The van der Waals surface area contributed by atoms with Crippen LogP contribution < -0.4 is 4.90 Å². The molecular formula is C15H21ClN4O2. The molecule has 2 heterocycles. The molecule has 0 radical (unpaired) electrons. The first-order valence-electron chi connectivity index (χ1n) is 7.33. The first-order chi connectivity index (χ1) is 10.5. The number of hydrogen-bond acceptors (Lipinski definition) is 4. The smallest absolute Gasteiger partial charge is 0.242 e. The lowest BCUT2D eigenvalue weighted by Crippen LogP contribution is -2.41. The topological polar surface area (TPSA) is 56.8 Å². The third-order valence-electron chi connectivity index (χ3n) is 3.77. The molecule has 0 N–H and O–H groups in total. The largest absolute Gasteiger partial charge is 0.350 e. The highest BCUT2D eigenvalue weighted by atomic mass is 35.5. The van der Waals surface area contributed by atoms with Crippen molar-refractivity contribution in [3.63, 3.8) is 0 Å². The molecule has 0 bridgehead atoms. The Kier molecular flexibility index (Phi) is 5.60. The predicted molar refractivity (Wildman–Crippen MR) is 86.0 cm³/mol. The molecule has 0 saturated carbocycles. The van der Waals surface area contributed by atoms with Crippen LogP contribution in [0.25, 0.3) is 0 Å². The van der Waals surface area contributed by atoms with Gasteiger partial charge in [0.25, 0.3) is 0 Å². The molecule has 22 heavy (non-hydrogen) atoms. The van der Waals surface area contributed by atoms with E-state index in [1.807, 2.05) is 11.9 Å². The van der Waals surface area contributed by atoms with E-state index in [9.17, 15) is 9.59 Å². The van der Waals surface area contributed by atoms with Crippen LogP contribution in [0, 0.1) is 0 Å². The minimum Gasteiger partial charge on any atom is -0.350 e. The number of likely N-dealkylation sites (N-methyl/N-ethyl adjacent to an activating group) is 1. The molecule has 1 aliphatic rings. The zero-order chi connectivity index (χ0) is 16.1. The molecule has 0 aromatic carbocycles. The van der Waals surface area contributed by atoms with Gasteiger partial charge in [-0.3, -0.25) is 9.59 Å². The highest BCUT2D eigenvalue weighted by Gasteiger charge is 2.21. The van der Waals surface area contributed by atoms with Crippen molar-refractivity contribution in [1.82, 2.24) is 14.8 Å². The molecule has 6 nitrogen and oxygen atoms in total. The average Bonchev–Trinajstić information content (AvgIpc) is 2.73. The fourth-order valence-electron chi connectivity index (χ4n) is 2.46. The van der Waals surface area contributed by atoms with Gasteiger partial charge in [-0.05, 0) is 18.6 Å². The van der Waals surface area contributed by atoms with Crippen LogP contribution in [-0.2, 0) is 9.59 Å². The van der Waals surface area contributed by atoms with E-state index in [1.165, 1.54) is 0 Å². The van der Waals surface area contributed by atoms with Crippen LogP contribution in [0.4, 0.5) is 5.82 Å². The Morgan fingerprint density at radius 3 is 2.55 bits per heavy atom. The van der Waals surface area contributed by atoms with Crippen LogP contribution in [0.3, 0.4) is 0 Å². The van der Waals surface area contributed by atoms with Crippen LogP contribution in [-0.4, -0.2) is 66.4 Å². The summed E-state index contributed by atoms with van der Waals surface area (Å²) in [7, 11) is 1.83. The van der Waals surface area contributed by atoms with Crippen molar-refractivity contribution in [3.8, 4) is 0 Å². The minimum atomic E-state index is 0.0460. The molecule has 0 unspecified atom stereocenters. The Hall–Kier alpha value is -1.82. The number of aromatic nitrogens is 1. The highest BCUT2D eigenvalue weighted by Crippen LogP contribution is 2.13. The summed E-state index contributed by atoms with van der Waals surface area (Å²) < 4.78 is 0. The second kappa shape index (κ2) is 7.45. The lowest BCUT2D eigenvalue weighted by Gasteiger charge is -2.25. The summed E-state index contributed by atoms with van der Waals surface area (Å²) in [4.78, 5) is 33.4. The van der Waals surface area contributed by atoms with Gasteiger partial charge >= 0.3 is 0 Å². The zero-order valence-electron chi connectivity index (χ0n) is 13.0. The third-order valence-corrected chi connectivity index (χ3v) is 3.99. The van der Waals surface area contributed by atoms with E-state index in [0.29, 0.717) is 37.0 Å². The Morgan fingerprint density at radius 2 is 1.91 bits per heavy atom. The van der Waals surface area contributed by atoms with E-state index < -0.39 is 0 Å². The van der Waals surface area contributed by atoms with Crippen LogP contribution >= 0.6 is 11.6 Å². The fraction of sp³-hybridized carbons (Fsp3) is 0.533. The molecule has 120 valence electrons. The second-order valence-electron chi connectivity index (χ2n) is 5.43. The zero-order valence-corrected chi connectivity index (χ0v) is 13.7. The van der Waals surface area contributed by atoms with Gasteiger partial charge in [0.2, 0.25) is 11.8 Å². The summed E-state index contributed by atoms with van der Waals surface area (Å²) in [5.41, 5.74) is 0. The van der Waals surface area contributed by atoms with E-state index in [2.05, 4.69) is 4.98 Å². The maximum Gasteiger partial charge on any atom is 0.242 e. The Labute approximate surface area is 135 Å². The normalized spacial score (nSPS) is 15.4. The first-order valence-corrected chi connectivity index (χ1v) is 7.71. The number of carbonyl (C=O) groups excluding carboxylic acids is 2.